The lowest BCUT2D eigenvalue weighted by Crippen LogP contribution is -2.46. The zero-order valence-corrected chi connectivity index (χ0v) is 28.4. The standard InChI is InChI=1S/C24H31FN10O8P2S2/c1-3-11-17-24(4-2,41-22(11)34-9-32-14-18(26)28-7-30-20(14)34)6-39-45(37,47)42-16-13(25)12(5-38-44(36,46)43-17)40-23(16)35-10-33-15-19(27)29-8-31-21(15)35/h7-13,16-17,22-23H,3-6H2,1-2H3,(H,36,46)(H,37,47)(H2,26,28,30)(H2,27,29,31)/t11-,12-,13-,16-,17+,22-,23-,24-,44-,45-/m1/s1. The summed E-state index contributed by atoms with van der Waals surface area (Å²) >= 11 is 8.46. The number of anilines is 2. The summed E-state index contributed by atoms with van der Waals surface area (Å²) in [6, 6.07) is 0. The van der Waals surface area contributed by atoms with Gasteiger partial charge in [-0.15, -0.1) is 0 Å². The van der Waals surface area contributed by atoms with Crippen LogP contribution in [0.5, 0.6) is 0 Å². The number of nitrogens with zero attached hydrogens (tertiary/aromatic N) is 8. The van der Waals surface area contributed by atoms with Gasteiger partial charge < -0.3 is 20.9 Å². The lowest BCUT2D eigenvalue weighted by molar-refractivity contribution is -0.123. The number of ether oxygens (including phenoxy) is 2. The molecule has 4 N–H and O–H groups in total. The predicted molar refractivity (Wildman–Crippen MR) is 170 cm³/mol. The number of imidazole rings is 2. The second kappa shape index (κ2) is 12.2. The monoisotopic (exact) mass is 732 g/mol. The van der Waals surface area contributed by atoms with Crippen molar-refractivity contribution in [3.8, 4) is 0 Å². The molecule has 3 aliphatic rings. The smallest absolute Gasteiger partial charge is 0.382 e. The first-order valence-corrected chi connectivity index (χ1v) is 19.9. The molecule has 0 radical (unpaired) electrons. The second-order valence-corrected chi connectivity index (χ2v) is 17.0. The summed E-state index contributed by atoms with van der Waals surface area (Å²) in [5, 5.41) is 0. The molecule has 7 rings (SSSR count). The molecule has 3 aliphatic heterocycles. The SMILES string of the molecule is CC[C@H]1[C@H](n2cnc3c(N)ncnc32)O[C@]2(CC)CO[P@@](=O)(S)O[C@@H]3[C@H](F)[C@@H](CO[P@@](=O)(S)O[C@@H]12)O[C@H]3n1cnc2c(N)ncnc21. The van der Waals surface area contributed by atoms with Crippen LogP contribution in [-0.4, -0.2) is 82.3 Å². The first-order chi connectivity index (χ1) is 22.4. The number of hydrogen-bond donors (Lipinski definition) is 4. The normalized spacial score (nSPS) is 38.2. The van der Waals surface area contributed by atoms with Crippen LogP contribution in [0.3, 0.4) is 0 Å². The van der Waals surface area contributed by atoms with Crippen molar-refractivity contribution in [1.29, 1.82) is 0 Å². The van der Waals surface area contributed by atoms with Gasteiger partial charge in [0.25, 0.3) is 0 Å². The summed E-state index contributed by atoms with van der Waals surface area (Å²) in [4.78, 5) is 25.0. The van der Waals surface area contributed by atoms with Crippen LogP contribution >= 0.6 is 38.1 Å². The topological polar surface area (TPSA) is 229 Å². The average Bonchev–Trinajstić information content (AvgIpc) is 3.79. The molecule has 7 heterocycles. The number of thiol groups is 2. The van der Waals surface area contributed by atoms with Crippen LogP contribution in [0.2, 0.25) is 0 Å². The van der Waals surface area contributed by atoms with Gasteiger partial charge >= 0.3 is 13.6 Å². The number of nitrogen functional groups attached to an aromatic ring is 2. The summed E-state index contributed by atoms with van der Waals surface area (Å²) in [6.45, 7) is -5.96. The molecule has 4 aromatic rings. The Balaban J connectivity index is 1.26. The summed E-state index contributed by atoms with van der Waals surface area (Å²) in [6.07, 6.45) is -2.06. The Hall–Kier alpha value is -2.45. The van der Waals surface area contributed by atoms with E-state index in [-0.39, 0.29) is 29.2 Å². The van der Waals surface area contributed by atoms with Crippen LogP contribution in [0.4, 0.5) is 16.0 Å². The molecule has 0 aliphatic carbocycles. The summed E-state index contributed by atoms with van der Waals surface area (Å²) in [5.41, 5.74) is 11.7. The molecule has 0 saturated carbocycles. The molecule has 254 valence electrons. The summed E-state index contributed by atoms with van der Waals surface area (Å²) in [5.74, 6) is -0.260. The molecule has 23 heteroatoms. The second-order valence-electron chi connectivity index (χ2n) is 11.3. The fourth-order valence-corrected chi connectivity index (χ4v) is 9.29. The van der Waals surface area contributed by atoms with Crippen LogP contribution in [0.1, 0.15) is 39.1 Å². The number of halogens is 1. The third-order valence-electron chi connectivity index (χ3n) is 8.66. The van der Waals surface area contributed by atoms with Crippen LogP contribution in [0.25, 0.3) is 22.3 Å². The van der Waals surface area contributed by atoms with Gasteiger partial charge in [0, 0.05) is 5.92 Å². The van der Waals surface area contributed by atoms with E-state index in [1.165, 1.54) is 29.9 Å². The number of rotatable bonds is 4. The van der Waals surface area contributed by atoms with Gasteiger partial charge in [-0.25, -0.2) is 43.4 Å². The fraction of sp³-hybridized carbons (Fsp3) is 0.583. The summed E-state index contributed by atoms with van der Waals surface area (Å²) in [7, 11) is 0. The van der Waals surface area contributed by atoms with Gasteiger partial charge in [-0.05, 0) is 12.8 Å². The van der Waals surface area contributed by atoms with Gasteiger partial charge in [-0.2, -0.15) is 0 Å². The van der Waals surface area contributed by atoms with E-state index in [1.54, 1.807) is 11.5 Å². The quantitative estimate of drug-likeness (QED) is 0.173. The zero-order valence-electron chi connectivity index (χ0n) is 24.8. The van der Waals surface area contributed by atoms with Crippen molar-refractivity contribution in [2.24, 2.45) is 5.92 Å². The van der Waals surface area contributed by atoms with E-state index in [0.717, 1.165) is 0 Å². The maximum Gasteiger partial charge on any atom is 0.386 e. The molecule has 10 atom stereocenters. The van der Waals surface area contributed by atoms with Gasteiger partial charge in [-0.3, -0.25) is 27.2 Å². The number of fused-ring (bicyclic) bond motifs is 5. The molecule has 47 heavy (non-hydrogen) atoms. The van der Waals surface area contributed by atoms with Crippen LogP contribution in [-0.2, 0) is 36.7 Å². The third-order valence-corrected chi connectivity index (χ3v) is 11.9. The van der Waals surface area contributed by atoms with E-state index in [1.807, 2.05) is 6.92 Å². The van der Waals surface area contributed by atoms with Crippen LogP contribution in [0.15, 0.2) is 25.3 Å². The number of alkyl halides is 1. The molecule has 2 bridgehead atoms. The molecule has 3 fully saturated rings. The zero-order chi connectivity index (χ0) is 33.3. The molecule has 0 amide bonds. The van der Waals surface area contributed by atoms with E-state index in [2.05, 4.69) is 54.4 Å². The van der Waals surface area contributed by atoms with Crippen molar-refractivity contribution in [1.82, 2.24) is 39.0 Å². The van der Waals surface area contributed by atoms with Crippen LogP contribution < -0.4 is 11.5 Å². The Morgan fingerprint density at radius 1 is 0.915 bits per heavy atom. The lowest BCUT2D eigenvalue weighted by atomic mass is 9.87. The summed E-state index contributed by atoms with van der Waals surface area (Å²) < 4.78 is 82.8. The molecule has 18 nitrogen and oxygen atoms in total. The minimum absolute atomic E-state index is 0.0821. The predicted octanol–water partition coefficient (Wildman–Crippen LogP) is 3.66. The third kappa shape index (κ3) is 5.73. The Labute approximate surface area is 276 Å². The highest BCUT2D eigenvalue weighted by atomic mass is 32.7. The number of aromatic nitrogens is 8. The Morgan fingerprint density at radius 2 is 1.51 bits per heavy atom. The van der Waals surface area contributed by atoms with Crippen molar-refractivity contribution in [2.45, 2.75) is 69.2 Å². The van der Waals surface area contributed by atoms with Crippen molar-refractivity contribution in [3.05, 3.63) is 25.3 Å². The molecule has 0 spiro atoms. The van der Waals surface area contributed by atoms with E-state index in [0.29, 0.717) is 17.6 Å². The average molecular weight is 733 g/mol. The van der Waals surface area contributed by atoms with Crippen LogP contribution in [0, 0.1) is 5.92 Å². The number of hydrogen-bond acceptors (Lipinski definition) is 16. The van der Waals surface area contributed by atoms with Crippen molar-refractivity contribution >= 4 is 72.1 Å². The lowest BCUT2D eigenvalue weighted by Gasteiger charge is -2.35. The first kappa shape index (κ1) is 33.1. The highest BCUT2D eigenvalue weighted by Crippen LogP contribution is 2.63. The molecule has 3 saturated heterocycles. The highest BCUT2D eigenvalue weighted by molar-refractivity contribution is 8.44. The number of nitrogens with two attached hydrogens (primary N) is 2. The molecular weight excluding hydrogens is 701 g/mol. The highest BCUT2D eigenvalue weighted by Gasteiger charge is 2.59. The molecule has 0 aromatic carbocycles. The first-order valence-electron chi connectivity index (χ1n) is 14.5. The van der Waals surface area contributed by atoms with Crippen molar-refractivity contribution in [2.75, 3.05) is 24.7 Å². The Bertz CT molecular complexity index is 1920. The van der Waals surface area contributed by atoms with E-state index < -0.39 is 75.3 Å². The largest absolute Gasteiger partial charge is 0.386 e. The fourth-order valence-electron chi connectivity index (χ4n) is 6.29. The maximum absolute atomic E-state index is 16.1. The Kier molecular flexibility index (Phi) is 8.55. The van der Waals surface area contributed by atoms with Gasteiger partial charge in [0.15, 0.2) is 35.3 Å². The van der Waals surface area contributed by atoms with Gasteiger partial charge in [0.2, 0.25) is 0 Å². The minimum atomic E-state index is -4.37. The van der Waals surface area contributed by atoms with E-state index in [9.17, 15) is 9.13 Å². The van der Waals surface area contributed by atoms with E-state index >= 15 is 4.39 Å². The van der Waals surface area contributed by atoms with Gasteiger partial charge in [-0.1, -0.05) is 38.3 Å². The minimum Gasteiger partial charge on any atom is -0.382 e. The Morgan fingerprint density at radius 3 is 2.11 bits per heavy atom. The molecule has 4 aromatic heterocycles. The van der Waals surface area contributed by atoms with Gasteiger partial charge in [0.1, 0.15) is 53.8 Å². The molecular formula is C24H31FN10O8P2S2. The van der Waals surface area contributed by atoms with Gasteiger partial charge in [0.05, 0.1) is 25.9 Å². The van der Waals surface area contributed by atoms with Crippen molar-refractivity contribution in [3.63, 3.8) is 0 Å². The molecule has 0 unspecified atom stereocenters. The van der Waals surface area contributed by atoms with E-state index in [4.69, 9.17) is 39.0 Å². The van der Waals surface area contributed by atoms with Crippen molar-refractivity contribution < 1.29 is 41.1 Å². The maximum atomic E-state index is 16.1.